The van der Waals surface area contributed by atoms with Crippen LogP contribution in [0.2, 0.25) is 0 Å². The maximum Gasteiger partial charge on any atom is 0.341 e. The van der Waals surface area contributed by atoms with Gasteiger partial charge in [0.2, 0.25) is 0 Å². The van der Waals surface area contributed by atoms with E-state index in [1.165, 1.54) is 5.56 Å². The van der Waals surface area contributed by atoms with Crippen LogP contribution in [0.5, 0.6) is 5.75 Å². The van der Waals surface area contributed by atoms with E-state index in [2.05, 4.69) is 12.2 Å². The molecular formula is C20H23NO6S2. The standard InChI is InChI=1S/C20H23NO6S2/c1-3-13-5-7-14(8-6-13)27-11-17(22)21-19-18(20(23)26-4-2)15-9-10-29(24,25)12-16(15)28-19/h5-8H,3-4,9-12H2,1-2H3,(H,21,22). The van der Waals surface area contributed by atoms with Crippen LogP contribution >= 0.6 is 11.3 Å². The van der Waals surface area contributed by atoms with Crippen LogP contribution in [-0.2, 0) is 38.0 Å². The Balaban J connectivity index is 1.75. The number of sulfone groups is 1. The Morgan fingerprint density at radius 3 is 2.55 bits per heavy atom. The summed E-state index contributed by atoms with van der Waals surface area (Å²) in [6, 6.07) is 7.45. The van der Waals surface area contributed by atoms with Gasteiger partial charge in [-0.15, -0.1) is 11.3 Å². The number of ether oxygens (including phenoxy) is 2. The van der Waals surface area contributed by atoms with Gasteiger partial charge in [0.15, 0.2) is 16.4 Å². The number of hydrogen-bond donors (Lipinski definition) is 1. The third-order valence-corrected chi connectivity index (χ3v) is 7.42. The zero-order valence-electron chi connectivity index (χ0n) is 16.3. The zero-order chi connectivity index (χ0) is 21.0. The van der Waals surface area contributed by atoms with Gasteiger partial charge in [0.25, 0.3) is 5.91 Å². The summed E-state index contributed by atoms with van der Waals surface area (Å²) in [6.07, 6.45) is 1.15. The van der Waals surface area contributed by atoms with E-state index in [0.717, 1.165) is 17.8 Å². The van der Waals surface area contributed by atoms with Gasteiger partial charge in [-0.05, 0) is 43.0 Å². The first-order chi connectivity index (χ1) is 13.8. The van der Waals surface area contributed by atoms with E-state index in [-0.39, 0.29) is 36.7 Å². The number of aryl methyl sites for hydroxylation is 1. The minimum absolute atomic E-state index is 0.0204. The van der Waals surface area contributed by atoms with Crippen LogP contribution in [0, 0.1) is 0 Å². The number of nitrogens with one attached hydrogen (secondary N) is 1. The number of rotatable bonds is 7. The van der Waals surface area contributed by atoms with Crippen molar-refractivity contribution in [2.45, 2.75) is 32.4 Å². The molecule has 1 N–H and O–H groups in total. The minimum atomic E-state index is -3.20. The zero-order valence-corrected chi connectivity index (χ0v) is 18.0. The second-order valence-electron chi connectivity index (χ2n) is 6.60. The molecule has 0 radical (unpaired) electrons. The maximum absolute atomic E-state index is 12.4. The van der Waals surface area contributed by atoms with Crippen LogP contribution < -0.4 is 10.1 Å². The summed E-state index contributed by atoms with van der Waals surface area (Å²) in [6.45, 7) is 3.70. The van der Waals surface area contributed by atoms with Gasteiger partial charge in [-0.1, -0.05) is 19.1 Å². The first kappa shape index (κ1) is 21.3. The molecule has 0 spiro atoms. The molecule has 1 amide bonds. The molecule has 1 aromatic heterocycles. The Hall–Kier alpha value is -2.39. The summed E-state index contributed by atoms with van der Waals surface area (Å²) in [5.41, 5.74) is 2.07. The highest BCUT2D eigenvalue weighted by Gasteiger charge is 2.32. The van der Waals surface area contributed by atoms with Crippen molar-refractivity contribution in [2.75, 3.05) is 24.3 Å². The molecule has 0 fully saturated rings. The number of amides is 1. The van der Waals surface area contributed by atoms with Crippen molar-refractivity contribution in [3.63, 3.8) is 0 Å². The highest BCUT2D eigenvalue weighted by molar-refractivity contribution is 7.90. The van der Waals surface area contributed by atoms with Gasteiger partial charge in [0, 0.05) is 4.88 Å². The van der Waals surface area contributed by atoms with E-state index in [4.69, 9.17) is 9.47 Å². The molecule has 1 aliphatic rings. The summed E-state index contributed by atoms with van der Waals surface area (Å²) in [5, 5.41) is 2.99. The van der Waals surface area contributed by atoms with Gasteiger partial charge < -0.3 is 14.8 Å². The molecule has 156 valence electrons. The van der Waals surface area contributed by atoms with Gasteiger partial charge in [0.05, 0.1) is 23.7 Å². The molecule has 9 heteroatoms. The van der Waals surface area contributed by atoms with E-state index in [9.17, 15) is 18.0 Å². The molecule has 7 nitrogen and oxygen atoms in total. The summed E-state index contributed by atoms with van der Waals surface area (Å²) >= 11 is 1.11. The highest BCUT2D eigenvalue weighted by atomic mass is 32.2. The van der Waals surface area contributed by atoms with E-state index < -0.39 is 21.7 Å². The Bertz CT molecular complexity index is 1010. The van der Waals surface area contributed by atoms with E-state index in [1.807, 2.05) is 12.1 Å². The summed E-state index contributed by atoms with van der Waals surface area (Å²) in [5.74, 6) is -0.574. The summed E-state index contributed by atoms with van der Waals surface area (Å²) in [7, 11) is -3.20. The Labute approximate surface area is 173 Å². The molecular weight excluding hydrogens is 414 g/mol. The van der Waals surface area contributed by atoms with Gasteiger partial charge >= 0.3 is 5.97 Å². The lowest BCUT2D eigenvalue weighted by Gasteiger charge is -2.13. The Kier molecular flexibility index (Phi) is 6.59. The fraction of sp³-hybridized carbons (Fsp3) is 0.400. The predicted molar refractivity (Wildman–Crippen MR) is 111 cm³/mol. The smallest absolute Gasteiger partial charge is 0.341 e. The fourth-order valence-corrected chi connectivity index (χ4v) is 6.12. The molecule has 0 bridgehead atoms. The number of hydrogen-bond acceptors (Lipinski definition) is 7. The molecule has 0 aliphatic carbocycles. The van der Waals surface area contributed by atoms with Crippen LogP contribution in [0.15, 0.2) is 24.3 Å². The molecule has 2 aromatic rings. The number of esters is 1. The lowest BCUT2D eigenvalue weighted by Crippen LogP contribution is -2.22. The van der Waals surface area contributed by atoms with Crippen molar-refractivity contribution in [2.24, 2.45) is 0 Å². The number of benzene rings is 1. The van der Waals surface area contributed by atoms with Crippen LogP contribution in [0.3, 0.4) is 0 Å². The first-order valence-corrected chi connectivity index (χ1v) is 12.0. The van der Waals surface area contributed by atoms with E-state index >= 15 is 0 Å². The number of anilines is 1. The molecule has 1 aliphatic heterocycles. The second-order valence-corrected chi connectivity index (χ2v) is 9.89. The topological polar surface area (TPSA) is 98.8 Å². The second kappa shape index (κ2) is 8.96. The summed E-state index contributed by atoms with van der Waals surface area (Å²) in [4.78, 5) is 25.4. The third kappa shape index (κ3) is 5.16. The minimum Gasteiger partial charge on any atom is -0.484 e. The quantitative estimate of drug-likeness (QED) is 0.669. The van der Waals surface area contributed by atoms with Crippen molar-refractivity contribution >= 4 is 38.1 Å². The van der Waals surface area contributed by atoms with E-state index in [1.54, 1.807) is 19.1 Å². The monoisotopic (exact) mass is 437 g/mol. The molecule has 29 heavy (non-hydrogen) atoms. The van der Waals surface area contributed by atoms with Crippen LogP contribution in [0.4, 0.5) is 5.00 Å². The number of thiophene rings is 1. The van der Waals surface area contributed by atoms with Crippen molar-refractivity contribution in [1.29, 1.82) is 0 Å². The maximum atomic E-state index is 12.4. The predicted octanol–water partition coefficient (Wildman–Crippen LogP) is 2.98. The molecule has 0 atom stereocenters. The Morgan fingerprint density at radius 2 is 1.90 bits per heavy atom. The van der Waals surface area contributed by atoms with Crippen LogP contribution in [0.1, 0.15) is 40.2 Å². The van der Waals surface area contributed by atoms with Gasteiger partial charge in [-0.25, -0.2) is 13.2 Å². The molecule has 1 aromatic carbocycles. The number of fused-ring (bicyclic) bond motifs is 1. The number of carbonyl (C=O) groups excluding carboxylic acids is 2. The van der Waals surface area contributed by atoms with Gasteiger partial charge in [-0.3, -0.25) is 4.79 Å². The van der Waals surface area contributed by atoms with Crippen LogP contribution in [-0.4, -0.2) is 39.3 Å². The third-order valence-electron chi connectivity index (χ3n) is 4.54. The molecule has 0 saturated heterocycles. The molecule has 3 rings (SSSR count). The van der Waals surface area contributed by atoms with Crippen molar-refractivity contribution in [3.8, 4) is 5.75 Å². The average molecular weight is 438 g/mol. The lowest BCUT2D eigenvalue weighted by atomic mass is 10.1. The SMILES string of the molecule is CCOC(=O)c1c(NC(=O)COc2ccc(CC)cc2)sc2c1CCS(=O)(=O)C2. The highest BCUT2D eigenvalue weighted by Crippen LogP contribution is 2.38. The lowest BCUT2D eigenvalue weighted by molar-refractivity contribution is -0.118. The molecule has 2 heterocycles. The first-order valence-electron chi connectivity index (χ1n) is 9.36. The normalized spacial score (nSPS) is 14.7. The number of carbonyl (C=O) groups is 2. The average Bonchev–Trinajstić information content (AvgIpc) is 3.02. The Morgan fingerprint density at radius 1 is 1.17 bits per heavy atom. The fourth-order valence-electron chi connectivity index (χ4n) is 3.06. The van der Waals surface area contributed by atoms with Gasteiger partial charge in [-0.2, -0.15) is 0 Å². The van der Waals surface area contributed by atoms with E-state index in [0.29, 0.717) is 21.2 Å². The van der Waals surface area contributed by atoms with Crippen molar-refractivity contribution in [3.05, 3.63) is 45.8 Å². The summed E-state index contributed by atoms with van der Waals surface area (Å²) < 4.78 is 34.5. The molecule has 0 unspecified atom stereocenters. The van der Waals surface area contributed by atoms with Crippen LogP contribution in [0.25, 0.3) is 0 Å². The van der Waals surface area contributed by atoms with Crippen molar-refractivity contribution < 1.29 is 27.5 Å². The molecule has 0 saturated carbocycles. The largest absolute Gasteiger partial charge is 0.484 e. The van der Waals surface area contributed by atoms with Gasteiger partial charge in [0.1, 0.15) is 10.8 Å². The van der Waals surface area contributed by atoms with Crippen molar-refractivity contribution in [1.82, 2.24) is 0 Å².